The molecule has 1 atom stereocenters. The van der Waals surface area contributed by atoms with E-state index in [-0.39, 0.29) is 23.2 Å². The number of hydrogen-bond acceptors (Lipinski definition) is 4. The van der Waals surface area contributed by atoms with E-state index in [4.69, 9.17) is 5.73 Å². The molecule has 2 aromatic carbocycles. The minimum absolute atomic E-state index is 0.0113. The normalized spacial score (nSPS) is 20.8. The Kier molecular flexibility index (Phi) is 4.90. The second kappa shape index (κ2) is 7.41. The van der Waals surface area contributed by atoms with Gasteiger partial charge in [0.2, 0.25) is 0 Å². The van der Waals surface area contributed by atoms with Gasteiger partial charge in [-0.2, -0.15) is 8.78 Å². The summed E-state index contributed by atoms with van der Waals surface area (Å²) in [6.45, 7) is -2.97. The molecule has 0 spiro atoms. The van der Waals surface area contributed by atoms with Crippen molar-refractivity contribution in [3.63, 3.8) is 0 Å². The summed E-state index contributed by atoms with van der Waals surface area (Å²) in [5.74, 6) is 5.10. The molecule has 8 heteroatoms. The van der Waals surface area contributed by atoms with Crippen molar-refractivity contribution in [1.29, 1.82) is 0 Å². The van der Waals surface area contributed by atoms with Crippen molar-refractivity contribution < 1.29 is 22.7 Å². The smallest absolute Gasteiger partial charge is 0.387 e. The first kappa shape index (κ1) is 19.8. The zero-order valence-electron chi connectivity index (χ0n) is 16.0. The maximum absolute atomic E-state index is 14.3. The molecule has 1 heterocycles. The Balaban J connectivity index is 1.83. The molecule has 1 amide bonds. The molecule has 2 N–H and O–H groups in total. The number of aliphatic imine (C=N–C) groups is 1. The highest BCUT2D eigenvalue weighted by molar-refractivity contribution is 6.08. The van der Waals surface area contributed by atoms with Gasteiger partial charge in [0.15, 0.2) is 11.5 Å². The average Bonchev–Trinajstić information content (AvgIpc) is 3.51. The summed E-state index contributed by atoms with van der Waals surface area (Å²) in [5.41, 5.74) is 5.26. The van der Waals surface area contributed by atoms with Crippen molar-refractivity contribution in [3.05, 3.63) is 65.0 Å². The third-order valence-corrected chi connectivity index (χ3v) is 5.11. The summed E-state index contributed by atoms with van der Waals surface area (Å²) < 4.78 is 43.7. The number of alkyl halides is 2. The molecule has 2 aliphatic rings. The third-order valence-electron chi connectivity index (χ3n) is 5.11. The third kappa shape index (κ3) is 3.47. The molecule has 30 heavy (non-hydrogen) atoms. The van der Waals surface area contributed by atoms with Gasteiger partial charge in [0.05, 0.1) is 5.56 Å². The first-order chi connectivity index (χ1) is 14.3. The molecule has 1 saturated carbocycles. The number of benzene rings is 2. The van der Waals surface area contributed by atoms with Crippen LogP contribution in [0.4, 0.5) is 13.2 Å². The Hall–Kier alpha value is -3.47. The number of nitrogens with zero attached hydrogens (tertiary/aromatic N) is 2. The molecule has 1 fully saturated rings. The average molecular weight is 413 g/mol. The van der Waals surface area contributed by atoms with Gasteiger partial charge in [-0.3, -0.25) is 9.69 Å². The number of likely N-dealkylation sites (N-methyl/N-ethyl adjacent to an activating group) is 1. The predicted molar refractivity (Wildman–Crippen MR) is 104 cm³/mol. The van der Waals surface area contributed by atoms with Crippen LogP contribution >= 0.6 is 0 Å². The molecule has 1 aliphatic carbocycles. The number of rotatable bonds is 4. The maximum atomic E-state index is 14.3. The number of nitrogens with two attached hydrogens (primary N) is 1. The second-order valence-corrected chi connectivity index (χ2v) is 7.19. The lowest BCUT2D eigenvalue weighted by molar-refractivity contribution is -0.129. The molecular formula is C22H18F3N3O2. The van der Waals surface area contributed by atoms with Crippen LogP contribution in [0, 0.1) is 23.6 Å². The van der Waals surface area contributed by atoms with Crippen LogP contribution in [0.15, 0.2) is 47.5 Å². The Labute approximate surface area is 171 Å². The predicted octanol–water partition coefficient (Wildman–Crippen LogP) is 3.22. The molecule has 1 aliphatic heterocycles. The fourth-order valence-corrected chi connectivity index (χ4v) is 3.32. The van der Waals surface area contributed by atoms with Crippen molar-refractivity contribution in [2.75, 3.05) is 7.05 Å². The molecule has 0 saturated heterocycles. The van der Waals surface area contributed by atoms with Crippen LogP contribution in [0.2, 0.25) is 0 Å². The first-order valence-electron chi connectivity index (χ1n) is 9.31. The molecule has 0 radical (unpaired) electrons. The van der Waals surface area contributed by atoms with E-state index in [0.717, 1.165) is 12.8 Å². The van der Waals surface area contributed by atoms with Crippen molar-refractivity contribution in [3.8, 4) is 17.6 Å². The van der Waals surface area contributed by atoms with Gasteiger partial charge >= 0.3 is 6.61 Å². The van der Waals surface area contributed by atoms with Gasteiger partial charge in [-0.15, -0.1) is 0 Å². The number of ether oxygens (including phenoxy) is 1. The van der Waals surface area contributed by atoms with Gasteiger partial charge < -0.3 is 10.5 Å². The topological polar surface area (TPSA) is 67.9 Å². The van der Waals surface area contributed by atoms with E-state index in [2.05, 4.69) is 21.6 Å². The lowest BCUT2D eigenvalue weighted by atomic mass is 9.82. The number of hydrogen-bond donors (Lipinski definition) is 1. The maximum Gasteiger partial charge on any atom is 0.387 e. The highest BCUT2D eigenvalue weighted by atomic mass is 19.3. The van der Waals surface area contributed by atoms with E-state index in [0.29, 0.717) is 11.1 Å². The van der Waals surface area contributed by atoms with Gasteiger partial charge in [-0.05, 0) is 48.2 Å². The second-order valence-electron chi connectivity index (χ2n) is 7.19. The summed E-state index contributed by atoms with van der Waals surface area (Å²) in [5, 5.41) is 0. The van der Waals surface area contributed by atoms with E-state index in [1.165, 1.54) is 54.4 Å². The van der Waals surface area contributed by atoms with Gasteiger partial charge in [0, 0.05) is 13.0 Å². The number of halogens is 3. The van der Waals surface area contributed by atoms with E-state index >= 15 is 0 Å². The number of carbonyl (C=O) groups is 1. The summed E-state index contributed by atoms with van der Waals surface area (Å²) in [7, 11) is 1.48. The zero-order chi connectivity index (χ0) is 21.5. The highest BCUT2D eigenvalue weighted by Gasteiger charge is 2.49. The van der Waals surface area contributed by atoms with Crippen LogP contribution in [-0.2, 0) is 10.3 Å². The van der Waals surface area contributed by atoms with E-state index in [1.54, 1.807) is 0 Å². The van der Waals surface area contributed by atoms with E-state index < -0.39 is 23.9 Å². The first-order valence-corrected chi connectivity index (χ1v) is 9.31. The standard InChI is InChI=1S/C22H18F3N3O2/c1-28-19(29)22(27-21(28)26,15-6-9-17(10-7-15)30-20(24)25)16-8-11-18(23)14(12-16)5-4-13-2-3-13/h6-13,20H,2-3H2,1H3,(H2,26,27)/t22-/m0/s1. The van der Waals surface area contributed by atoms with Crippen LogP contribution in [0.5, 0.6) is 5.75 Å². The Bertz CT molecular complexity index is 1090. The van der Waals surface area contributed by atoms with Crippen molar-refractivity contribution in [1.82, 2.24) is 4.90 Å². The quantitative estimate of drug-likeness (QED) is 0.783. The van der Waals surface area contributed by atoms with Crippen molar-refractivity contribution in [2.24, 2.45) is 16.6 Å². The van der Waals surface area contributed by atoms with Gasteiger partial charge in [0.25, 0.3) is 5.91 Å². The Morgan fingerprint density at radius 2 is 1.87 bits per heavy atom. The van der Waals surface area contributed by atoms with Crippen LogP contribution in [-0.4, -0.2) is 30.4 Å². The molecule has 0 bridgehead atoms. The van der Waals surface area contributed by atoms with Crippen molar-refractivity contribution in [2.45, 2.75) is 25.0 Å². The molecule has 0 unspecified atom stereocenters. The summed E-state index contributed by atoms with van der Waals surface area (Å²) in [4.78, 5) is 18.8. The number of amides is 1. The van der Waals surface area contributed by atoms with Crippen LogP contribution < -0.4 is 10.5 Å². The zero-order valence-corrected chi connectivity index (χ0v) is 16.0. The van der Waals surface area contributed by atoms with Gasteiger partial charge in [-0.1, -0.05) is 30.0 Å². The fourth-order valence-electron chi connectivity index (χ4n) is 3.32. The SMILES string of the molecule is CN1C(=O)[C@](c2ccc(OC(F)F)cc2)(c2ccc(F)c(C#CC3CC3)c2)N=C1N. The molecule has 5 nitrogen and oxygen atoms in total. The van der Waals surface area contributed by atoms with Gasteiger partial charge in [-0.25, -0.2) is 9.38 Å². The summed E-state index contributed by atoms with van der Waals surface area (Å²) in [6, 6.07) is 9.74. The Morgan fingerprint density at radius 3 is 2.43 bits per heavy atom. The van der Waals surface area contributed by atoms with Crippen LogP contribution in [0.25, 0.3) is 0 Å². The fraction of sp³-hybridized carbons (Fsp3) is 0.273. The highest BCUT2D eigenvalue weighted by Crippen LogP contribution is 2.40. The molecule has 154 valence electrons. The molecule has 0 aromatic heterocycles. The molecule has 2 aromatic rings. The summed E-state index contributed by atoms with van der Waals surface area (Å²) >= 11 is 0. The van der Waals surface area contributed by atoms with Crippen molar-refractivity contribution >= 4 is 11.9 Å². The minimum Gasteiger partial charge on any atom is -0.435 e. The van der Waals surface area contributed by atoms with Crippen LogP contribution in [0.1, 0.15) is 29.5 Å². The monoisotopic (exact) mass is 413 g/mol. The lowest BCUT2D eigenvalue weighted by Crippen LogP contribution is -2.41. The molecule has 4 rings (SSSR count). The Morgan fingerprint density at radius 1 is 1.20 bits per heavy atom. The summed E-state index contributed by atoms with van der Waals surface area (Å²) in [6.07, 6.45) is 1.99. The van der Waals surface area contributed by atoms with Gasteiger partial charge in [0.1, 0.15) is 11.6 Å². The van der Waals surface area contributed by atoms with E-state index in [9.17, 15) is 18.0 Å². The minimum atomic E-state index is -2.97. The van der Waals surface area contributed by atoms with E-state index in [1.807, 2.05) is 0 Å². The number of guanidine groups is 1. The number of carbonyl (C=O) groups excluding carboxylic acids is 1. The lowest BCUT2D eigenvalue weighted by Gasteiger charge is -2.26. The van der Waals surface area contributed by atoms with Crippen LogP contribution in [0.3, 0.4) is 0 Å². The molecular weight excluding hydrogens is 395 g/mol. The largest absolute Gasteiger partial charge is 0.435 e.